The summed E-state index contributed by atoms with van der Waals surface area (Å²) in [7, 11) is 1.43. The van der Waals surface area contributed by atoms with Crippen molar-refractivity contribution in [2.24, 2.45) is 17.8 Å². The average Bonchev–Trinajstić information content (AvgIpc) is 2.45. The number of aromatic hydroxyl groups is 1. The van der Waals surface area contributed by atoms with Crippen LogP contribution in [0.3, 0.4) is 0 Å². The highest BCUT2D eigenvalue weighted by Gasteiger charge is 2.52. The predicted octanol–water partition coefficient (Wildman–Crippen LogP) is 3.65. The highest BCUT2D eigenvalue weighted by molar-refractivity contribution is 5.91. The minimum atomic E-state index is -0.277. The normalized spacial score (nSPS) is 36.7. The number of rotatable bonds is 2. The summed E-state index contributed by atoms with van der Waals surface area (Å²) in [4.78, 5) is 12.1. The lowest BCUT2D eigenvalue weighted by Gasteiger charge is -2.57. The highest BCUT2D eigenvalue weighted by atomic mass is 16.5. The van der Waals surface area contributed by atoms with Crippen LogP contribution in [0, 0.1) is 17.8 Å². The van der Waals surface area contributed by atoms with E-state index in [9.17, 15) is 9.90 Å². The third kappa shape index (κ3) is 1.97. The van der Waals surface area contributed by atoms with Crippen molar-refractivity contribution in [3.8, 4) is 5.75 Å². The molecule has 0 saturated heterocycles. The number of esters is 1. The van der Waals surface area contributed by atoms with Crippen molar-refractivity contribution in [2.75, 3.05) is 7.11 Å². The molecule has 4 bridgehead atoms. The number of phenols is 1. The van der Waals surface area contributed by atoms with Crippen molar-refractivity contribution in [2.45, 2.75) is 43.9 Å². The maximum atomic E-state index is 12.1. The Morgan fingerprint density at radius 3 is 2.24 bits per heavy atom. The Morgan fingerprint density at radius 2 is 1.71 bits per heavy atom. The molecule has 4 aliphatic rings. The molecule has 0 aromatic heterocycles. The van der Waals surface area contributed by atoms with E-state index in [1.54, 1.807) is 12.1 Å². The van der Waals surface area contributed by atoms with E-state index in [1.807, 2.05) is 6.07 Å². The van der Waals surface area contributed by atoms with Gasteiger partial charge in [-0.2, -0.15) is 0 Å². The van der Waals surface area contributed by atoms with Crippen molar-refractivity contribution < 1.29 is 14.6 Å². The van der Waals surface area contributed by atoms with Gasteiger partial charge in [0, 0.05) is 0 Å². The van der Waals surface area contributed by atoms with Crippen molar-refractivity contribution in [3.63, 3.8) is 0 Å². The molecule has 0 atom stereocenters. The van der Waals surface area contributed by atoms with Gasteiger partial charge >= 0.3 is 5.97 Å². The Morgan fingerprint density at radius 1 is 1.14 bits per heavy atom. The molecule has 4 aliphatic carbocycles. The van der Waals surface area contributed by atoms with Crippen LogP contribution in [-0.2, 0) is 10.2 Å². The zero-order valence-corrected chi connectivity index (χ0v) is 12.5. The number of hydrogen-bond donors (Lipinski definition) is 1. The van der Waals surface area contributed by atoms with Crippen LogP contribution in [0.5, 0.6) is 5.75 Å². The Hall–Kier alpha value is -1.51. The highest BCUT2D eigenvalue weighted by Crippen LogP contribution is 2.61. The molecular weight excluding hydrogens is 264 g/mol. The lowest BCUT2D eigenvalue weighted by atomic mass is 9.47. The van der Waals surface area contributed by atoms with Gasteiger partial charge in [0.05, 0.1) is 12.7 Å². The molecular formula is C18H22O3. The topological polar surface area (TPSA) is 46.5 Å². The molecule has 5 rings (SSSR count). The van der Waals surface area contributed by atoms with Gasteiger partial charge < -0.3 is 9.84 Å². The van der Waals surface area contributed by atoms with Crippen LogP contribution >= 0.6 is 0 Å². The molecule has 0 heterocycles. The van der Waals surface area contributed by atoms with E-state index >= 15 is 0 Å². The van der Waals surface area contributed by atoms with Crippen molar-refractivity contribution in [1.29, 1.82) is 0 Å². The summed E-state index contributed by atoms with van der Waals surface area (Å²) in [5, 5.41) is 9.94. The van der Waals surface area contributed by atoms with Crippen molar-refractivity contribution in [1.82, 2.24) is 0 Å². The first-order valence-corrected chi connectivity index (χ1v) is 8.01. The van der Waals surface area contributed by atoms with Crippen LogP contribution < -0.4 is 0 Å². The number of methoxy groups -OCH3 is 1. The average molecular weight is 286 g/mol. The van der Waals surface area contributed by atoms with Crippen LogP contribution in [0.1, 0.15) is 54.4 Å². The van der Waals surface area contributed by atoms with E-state index in [-0.39, 0.29) is 17.1 Å². The van der Waals surface area contributed by atoms with Gasteiger partial charge in [-0.15, -0.1) is 0 Å². The smallest absolute Gasteiger partial charge is 0.338 e. The summed E-state index contributed by atoms with van der Waals surface area (Å²) in [6.07, 6.45) is 7.62. The van der Waals surface area contributed by atoms with Gasteiger partial charge in [0.15, 0.2) is 0 Å². The quantitative estimate of drug-likeness (QED) is 0.844. The molecule has 3 nitrogen and oxygen atoms in total. The fourth-order valence-corrected chi connectivity index (χ4v) is 5.70. The summed E-state index contributed by atoms with van der Waals surface area (Å²) in [6, 6.07) is 5.14. The van der Waals surface area contributed by atoms with E-state index in [4.69, 9.17) is 4.74 Å². The van der Waals surface area contributed by atoms with Gasteiger partial charge in [0.2, 0.25) is 0 Å². The second-order valence-electron chi connectivity index (χ2n) is 7.42. The number of ether oxygens (including phenoxy) is 1. The van der Waals surface area contributed by atoms with Crippen LogP contribution in [0.2, 0.25) is 0 Å². The van der Waals surface area contributed by atoms with Gasteiger partial charge in [0.25, 0.3) is 0 Å². The SMILES string of the molecule is COC(=O)c1ccc(O)cc1C12CC3CC(CC(C3)C1)C2. The fourth-order valence-electron chi connectivity index (χ4n) is 5.70. The number of carbonyl (C=O) groups is 1. The molecule has 3 heteroatoms. The van der Waals surface area contributed by atoms with E-state index in [0.29, 0.717) is 5.56 Å². The summed E-state index contributed by atoms with van der Waals surface area (Å²) in [6.45, 7) is 0. The first-order chi connectivity index (χ1) is 10.1. The minimum Gasteiger partial charge on any atom is -0.508 e. The van der Waals surface area contributed by atoms with E-state index in [0.717, 1.165) is 23.3 Å². The van der Waals surface area contributed by atoms with Gasteiger partial charge in [-0.1, -0.05) is 0 Å². The maximum absolute atomic E-state index is 12.1. The maximum Gasteiger partial charge on any atom is 0.338 e. The lowest BCUT2D eigenvalue weighted by molar-refractivity contribution is -0.00601. The fraction of sp³-hybridized carbons (Fsp3) is 0.611. The van der Waals surface area contributed by atoms with Crippen molar-refractivity contribution >= 4 is 5.97 Å². The first kappa shape index (κ1) is 13.2. The van der Waals surface area contributed by atoms with Gasteiger partial charge in [0.1, 0.15) is 5.75 Å². The minimum absolute atomic E-state index is 0.0943. The molecule has 112 valence electrons. The van der Waals surface area contributed by atoms with Gasteiger partial charge in [-0.25, -0.2) is 4.79 Å². The molecule has 0 spiro atoms. The second kappa shape index (κ2) is 4.49. The van der Waals surface area contributed by atoms with Crippen LogP contribution in [0.4, 0.5) is 0 Å². The van der Waals surface area contributed by atoms with Gasteiger partial charge in [-0.05, 0) is 85.5 Å². The van der Waals surface area contributed by atoms with Gasteiger partial charge in [-0.3, -0.25) is 0 Å². The number of benzene rings is 1. The molecule has 1 aromatic rings. The standard InChI is InChI=1S/C18H22O3/c1-21-17(20)15-3-2-14(19)7-16(15)18-8-11-4-12(9-18)6-13(5-11)10-18/h2-3,7,11-13,19H,4-6,8-10H2,1H3. The predicted molar refractivity (Wildman–Crippen MR) is 79.3 cm³/mol. The zero-order valence-electron chi connectivity index (χ0n) is 12.5. The Kier molecular flexibility index (Phi) is 2.82. The summed E-state index contributed by atoms with van der Waals surface area (Å²) in [5.74, 6) is 2.41. The zero-order chi connectivity index (χ0) is 14.6. The summed E-state index contributed by atoms with van der Waals surface area (Å²) < 4.78 is 4.96. The van der Waals surface area contributed by atoms with Crippen LogP contribution in [-0.4, -0.2) is 18.2 Å². The molecule has 4 saturated carbocycles. The molecule has 1 aromatic carbocycles. The summed E-state index contributed by atoms with van der Waals surface area (Å²) in [5.41, 5.74) is 1.78. The third-order valence-corrected chi connectivity index (χ3v) is 6.02. The van der Waals surface area contributed by atoms with E-state index in [2.05, 4.69) is 0 Å². The molecule has 0 radical (unpaired) electrons. The second-order valence-corrected chi connectivity index (χ2v) is 7.42. The molecule has 0 aliphatic heterocycles. The van der Waals surface area contributed by atoms with Crippen LogP contribution in [0.15, 0.2) is 18.2 Å². The Labute approximate surface area is 125 Å². The first-order valence-electron chi connectivity index (χ1n) is 8.01. The number of phenolic OH excluding ortho intramolecular Hbond substituents is 1. The summed E-state index contributed by atoms with van der Waals surface area (Å²) >= 11 is 0. The largest absolute Gasteiger partial charge is 0.508 e. The molecule has 1 N–H and O–H groups in total. The van der Waals surface area contributed by atoms with E-state index in [1.165, 1.54) is 45.6 Å². The van der Waals surface area contributed by atoms with Crippen molar-refractivity contribution in [3.05, 3.63) is 29.3 Å². The Balaban J connectivity index is 1.82. The number of hydrogen-bond acceptors (Lipinski definition) is 3. The molecule has 21 heavy (non-hydrogen) atoms. The molecule has 0 amide bonds. The monoisotopic (exact) mass is 286 g/mol. The third-order valence-electron chi connectivity index (χ3n) is 6.02. The lowest BCUT2D eigenvalue weighted by Crippen LogP contribution is -2.49. The van der Waals surface area contributed by atoms with E-state index < -0.39 is 0 Å². The molecule has 0 unspecified atom stereocenters. The molecule has 4 fully saturated rings. The number of carbonyl (C=O) groups excluding carboxylic acids is 1. The van der Waals surface area contributed by atoms with Crippen LogP contribution in [0.25, 0.3) is 0 Å². The Bertz CT molecular complexity index is 555.